The fourth-order valence-electron chi connectivity index (χ4n) is 7.75. The summed E-state index contributed by atoms with van der Waals surface area (Å²) in [6.45, 7) is 4.66. The van der Waals surface area contributed by atoms with E-state index in [0.717, 1.165) is 53.7 Å². The van der Waals surface area contributed by atoms with Crippen molar-refractivity contribution >= 4 is 33.3 Å². The molecule has 9 rings (SSSR count). The van der Waals surface area contributed by atoms with Crippen LogP contribution in [0, 0.1) is 0 Å². The number of benzene rings is 3. The number of para-hydroxylation sites is 1. The van der Waals surface area contributed by atoms with Crippen LogP contribution in [0.1, 0.15) is 56.4 Å². The summed E-state index contributed by atoms with van der Waals surface area (Å²) in [4.78, 5) is 14.6. The number of rotatable bonds is 4. The smallest absolute Gasteiger partial charge is 0.0963 e. The van der Waals surface area contributed by atoms with Gasteiger partial charge in [0.1, 0.15) is 0 Å². The molecule has 4 heteroatoms. The molecule has 0 atom stereocenters. The number of allylic oxidation sites excluding steroid dienone is 5. The molecule has 4 nitrogen and oxygen atoms in total. The Balaban J connectivity index is 0.983. The van der Waals surface area contributed by atoms with Crippen molar-refractivity contribution in [3.05, 3.63) is 150 Å². The molecule has 3 aliphatic rings. The highest BCUT2D eigenvalue weighted by atomic mass is 15.0. The molecule has 0 amide bonds. The van der Waals surface area contributed by atoms with Crippen molar-refractivity contribution in [2.24, 2.45) is 4.99 Å². The van der Waals surface area contributed by atoms with Crippen LogP contribution in [0.2, 0.25) is 0 Å². The van der Waals surface area contributed by atoms with Gasteiger partial charge in [0.05, 0.1) is 28.0 Å². The van der Waals surface area contributed by atoms with Crippen molar-refractivity contribution in [3.8, 4) is 22.3 Å². The van der Waals surface area contributed by atoms with E-state index in [1.807, 2.05) is 18.5 Å². The second-order valence-corrected chi connectivity index (χ2v) is 13.2. The molecule has 3 aromatic carbocycles. The van der Waals surface area contributed by atoms with E-state index in [2.05, 4.69) is 122 Å². The van der Waals surface area contributed by atoms with Gasteiger partial charge in [-0.2, -0.15) is 0 Å². The topological polar surface area (TPSA) is 43.1 Å². The molecule has 0 unspecified atom stereocenters. The molecule has 222 valence electrons. The van der Waals surface area contributed by atoms with E-state index in [1.54, 1.807) is 0 Å². The molecular weight excluding hydrogens is 560 g/mol. The van der Waals surface area contributed by atoms with Gasteiger partial charge in [-0.25, -0.2) is 0 Å². The zero-order valence-electron chi connectivity index (χ0n) is 26.2. The van der Waals surface area contributed by atoms with Crippen LogP contribution in [0.4, 0.5) is 0 Å². The van der Waals surface area contributed by atoms with Gasteiger partial charge in [0, 0.05) is 40.7 Å². The highest BCUT2D eigenvalue weighted by Crippen LogP contribution is 2.49. The Morgan fingerprint density at radius 2 is 1.52 bits per heavy atom. The van der Waals surface area contributed by atoms with Crippen LogP contribution in [0.5, 0.6) is 0 Å². The van der Waals surface area contributed by atoms with Crippen molar-refractivity contribution in [1.82, 2.24) is 14.5 Å². The van der Waals surface area contributed by atoms with Gasteiger partial charge in [0.15, 0.2) is 0 Å². The predicted octanol–water partition coefficient (Wildman–Crippen LogP) is 10.3. The molecule has 0 saturated heterocycles. The fourth-order valence-corrected chi connectivity index (χ4v) is 7.75. The minimum Gasteiger partial charge on any atom is -0.308 e. The monoisotopic (exact) mass is 594 g/mol. The number of pyridine rings is 2. The standard InChI is InChI=1S/C42H34N4/c1-42(2)35-13-5-3-11-32(35)33-19-16-28(24-36(33)42)30-18-21-38(45-26-30)37-20-17-29(25-44-37)27-9-7-10-31(23-27)46-39-14-6-4-12-34(39)41-40(46)15-8-22-43-41/h3-6,8,10-16,18-19,21-26H,7,9,17,20H2,1-2H3. The first-order valence-electron chi connectivity index (χ1n) is 16.3. The SMILES string of the molecule is CC1(C)c2ccccc2-c2ccc(-c3ccc(C4=NC=C(C5=CC(n6c7ccccc7c7ncccc76)=CCC5)CC4)nc3)cc21. The lowest BCUT2D eigenvalue weighted by molar-refractivity contribution is 0.660. The van der Waals surface area contributed by atoms with Gasteiger partial charge >= 0.3 is 0 Å². The Labute approximate surface area is 269 Å². The molecular formula is C42H34N4. The molecule has 0 radical (unpaired) electrons. The molecule has 0 spiro atoms. The summed E-state index contributed by atoms with van der Waals surface area (Å²) < 4.78 is 2.36. The van der Waals surface area contributed by atoms with Crippen molar-refractivity contribution in [2.75, 3.05) is 0 Å². The lowest BCUT2D eigenvalue weighted by Gasteiger charge is -2.22. The first kappa shape index (κ1) is 27.0. The Morgan fingerprint density at radius 1 is 0.696 bits per heavy atom. The van der Waals surface area contributed by atoms with Crippen LogP contribution in [0.25, 0.3) is 49.9 Å². The van der Waals surface area contributed by atoms with Gasteiger partial charge in [-0.15, -0.1) is 0 Å². The number of hydrogen-bond donors (Lipinski definition) is 0. The van der Waals surface area contributed by atoms with Gasteiger partial charge in [0.2, 0.25) is 0 Å². The largest absolute Gasteiger partial charge is 0.308 e. The van der Waals surface area contributed by atoms with E-state index in [4.69, 9.17) is 15.0 Å². The zero-order chi connectivity index (χ0) is 30.8. The van der Waals surface area contributed by atoms with Crippen LogP contribution in [0.3, 0.4) is 0 Å². The second kappa shape index (κ2) is 10.3. The van der Waals surface area contributed by atoms with Gasteiger partial charge in [-0.3, -0.25) is 15.0 Å². The van der Waals surface area contributed by atoms with E-state index in [1.165, 1.54) is 55.6 Å². The Hall–Kier alpha value is -5.35. The summed E-state index contributed by atoms with van der Waals surface area (Å²) >= 11 is 0. The Morgan fingerprint density at radius 3 is 2.39 bits per heavy atom. The summed E-state index contributed by atoms with van der Waals surface area (Å²) in [7, 11) is 0. The maximum Gasteiger partial charge on any atom is 0.0963 e. The van der Waals surface area contributed by atoms with Gasteiger partial charge < -0.3 is 4.57 Å². The van der Waals surface area contributed by atoms with Crippen molar-refractivity contribution in [3.63, 3.8) is 0 Å². The van der Waals surface area contributed by atoms with Crippen LogP contribution < -0.4 is 0 Å². The number of aliphatic imine (C=N–C) groups is 1. The van der Waals surface area contributed by atoms with Gasteiger partial charge in [-0.1, -0.05) is 80.6 Å². The normalized spacial score (nSPS) is 16.8. The molecule has 0 fully saturated rings. The molecule has 0 saturated carbocycles. The predicted molar refractivity (Wildman–Crippen MR) is 190 cm³/mol. The number of aromatic nitrogens is 3. The highest BCUT2D eigenvalue weighted by Gasteiger charge is 2.35. The third kappa shape index (κ3) is 4.17. The van der Waals surface area contributed by atoms with Crippen LogP contribution >= 0.6 is 0 Å². The summed E-state index contributed by atoms with van der Waals surface area (Å²) in [6, 6.07) is 32.8. The van der Waals surface area contributed by atoms with Gasteiger partial charge in [-0.05, 0) is 101 Å². The summed E-state index contributed by atoms with van der Waals surface area (Å²) in [6.07, 6.45) is 14.6. The number of hydrogen-bond acceptors (Lipinski definition) is 3. The number of fused-ring (bicyclic) bond motifs is 6. The minimum absolute atomic E-state index is 0.0127. The molecule has 0 N–H and O–H groups in total. The first-order chi connectivity index (χ1) is 22.6. The molecule has 1 aliphatic heterocycles. The van der Waals surface area contributed by atoms with Crippen LogP contribution in [-0.4, -0.2) is 20.2 Å². The molecule has 46 heavy (non-hydrogen) atoms. The van der Waals surface area contributed by atoms with Crippen LogP contribution in [-0.2, 0) is 5.41 Å². The third-order valence-corrected chi connectivity index (χ3v) is 10.2. The molecule has 4 heterocycles. The molecule has 2 aliphatic carbocycles. The average molecular weight is 595 g/mol. The maximum absolute atomic E-state index is 4.95. The van der Waals surface area contributed by atoms with E-state index in [9.17, 15) is 0 Å². The highest BCUT2D eigenvalue weighted by molar-refractivity contribution is 6.08. The second-order valence-electron chi connectivity index (χ2n) is 13.2. The lowest BCUT2D eigenvalue weighted by Crippen LogP contribution is -2.14. The summed E-state index contributed by atoms with van der Waals surface area (Å²) in [5, 5.41) is 1.19. The molecule has 0 bridgehead atoms. The first-order valence-corrected chi connectivity index (χ1v) is 16.3. The zero-order valence-corrected chi connectivity index (χ0v) is 26.2. The van der Waals surface area contributed by atoms with Crippen molar-refractivity contribution in [1.29, 1.82) is 0 Å². The lowest BCUT2D eigenvalue weighted by atomic mass is 9.81. The summed E-state index contributed by atoms with van der Waals surface area (Å²) in [5.41, 5.74) is 17.1. The summed E-state index contributed by atoms with van der Waals surface area (Å²) in [5.74, 6) is 0. The van der Waals surface area contributed by atoms with E-state index < -0.39 is 0 Å². The maximum atomic E-state index is 4.95. The molecule has 3 aromatic heterocycles. The van der Waals surface area contributed by atoms with E-state index in [0.29, 0.717) is 0 Å². The fraction of sp³-hybridized carbons (Fsp3) is 0.167. The van der Waals surface area contributed by atoms with Crippen molar-refractivity contribution in [2.45, 2.75) is 44.9 Å². The number of nitrogens with zero attached hydrogens (tertiary/aromatic N) is 4. The Bertz CT molecular complexity index is 2270. The van der Waals surface area contributed by atoms with Gasteiger partial charge in [0.25, 0.3) is 0 Å². The quantitative estimate of drug-likeness (QED) is 0.204. The Kier molecular flexibility index (Phi) is 6.08. The third-order valence-electron chi connectivity index (χ3n) is 10.2. The van der Waals surface area contributed by atoms with E-state index >= 15 is 0 Å². The van der Waals surface area contributed by atoms with Crippen molar-refractivity contribution < 1.29 is 0 Å². The molecule has 6 aromatic rings. The average Bonchev–Trinajstić information content (AvgIpc) is 3.57. The minimum atomic E-state index is -0.0127. The van der Waals surface area contributed by atoms with Crippen LogP contribution in [0.15, 0.2) is 138 Å². The van der Waals surface area contributed by atoms with E-state index in [-0.39, 0.29) is 5.41 Å².